The molecular formula is C11H14ClNO2S. The molecule has 0 saturated carbocycles. The Morgan fingerprint density at radius 3 is 2.81 bits per heavy atom. The summed E-state index contributed by atoms with van der Waals surface area (Å²) < 4.78 is 0. The average molecular weight is 260 g/mol. The lowest BCUT2D eigenvalue weighted by Crippen LogP contribution is -2.12. The number of carboxylic acid groups (broad SMARTS) is 1. The summed E-state index contributed by atoms with van der Waals surface area (Å²) in [6, 6.07) is 5.33. The molecule has 88 valence electrons. The van der Waals surface area contributed by atoms with Crippen LogP contribution in [0.1, 0.15) is 24.4 Å². The number of nitrogens with two attached hydrogens (primary N) is 1. The third-order valence-corrected chi connectivity index (χ3v) is 3.49. The van der Waals surface area contributed by atoms with Gasteiger partial charge in [-0.1, -0.05) is 17.7 Å². The van der Waals surface area contributed by atoms with Crippen molar-refractivity contribution in [3.05, 3.63) is 28.8 Å². The standard InChI is InChI=1S/C11H14ClNO2S/c1-16-10-4-2-7(6-8(10)12)9(13)3-5-11(14)15/h2,4,6,9H,3,5,13H2,1H3,(H,14,15). The molecule has 1 rings (SSSR count). The first-order chi connectivity index (χ1) is 7.54. The molecular weight excluding hydrogens is 246 g/mol. The van der Waals surface area contributed by atoms with Crippen molar-refractivity contribution in [3.8, 4) is 0 Å². The minimum absolute atomic E-state index is 0.0725. The van der Waals surface area contributed by atoms with Crippen molar-refractivity contribution < 1.29 is 9.90 Å². The molecule has 0 heterocycles. The highest BCUT2D eigenvalue weighted by atomic mass is 35.5. The predicted octanol–water partition coefficient (Wildman–Crippen LogP) is 2.93. The first kappa shape index (κ1) is 13.4. The number of benzene rings is 1. The topological polar surface area (TPSA) is 63.3 Å². The van der Waals surface area contributed by atoms with Gasteiger partial charge in [-0.2, -0.15) is 0 Å². The van der Waals surface area contributed by atoms with E-state index >= 15 is 0 Å². The summed E-state index contributed by atoms with van der Waals surface area (Å²) in [6.07, 6.45) is 2.44. The van der Waals surface area contributed by atoms with Gasteiger partial charge < -0.3 is 10.8 Å². The van der Waals surface area contributed by atoms with Crippen LogP contribution in [0.5, 0.6) is 0 Å². The molecule has 1 aromatic rings. The molecule has 0 amide bonds. The van der Waals surface area contributed by atoms with Crippen LogP contribution in [0.2, 0.25) is 5.02 Å². The quantitative estimate of drug-likeness (QED) is 0.798. The highest BCUT2D eigenvalue weighted by Crippen LogP contribution is 2.28. The van der Waals surface area contributed by atoms with E-state index in [2.05, 4.69) is 0 Å². The number of carbonyl (C=O) groups is 1. The van der Waals surface area contributed by atoms with Crippen molar-refractivity contribution in [3.63, 3.8) is 0 Å². The Hall–Kier alpha value is -0.710. The summed E-state index contributed by atoms with van der Waals surface area (Å²) in [5.74, 6) is -0.831. The summed E-state index contributed by atoms with van der Waals surface area (Å²) in [7, 11) is 0. The van der Waals surface area contributed by atoms with Crippen LogP contribution >= 0.6 is 23.4 Å². The number of thioether (sulfide) groups is 1. The monoisotopic (exact) mass is 259 g/mol. The number of hydrogen-bond acceptors (Lipinski definition) is 3. The van der Waals surface area contributed by atoms with Crippen molar-refractivity contribution >= 4 is 29.3 Å². The summed E-state index contributed by atoms with van der Waals surface area (Å²) in [5.41, 5.74) is 6.75. The van der Waals surface area contributed by atoms with Crippen molar-refractivity contribution in [2.24, 2.45) is 5.73 Å². The first-order valence-corrected chi connectivity index (χ1v) is 6.45. The lowest BCUT2D eigenvalue weighted by Gasteiger charge is -2.12. The second-order valence-electron chi connectivity index (χ2n) is 3.43. The fourth-order valence-corrected chi connectivity index (χ4v) is 2.24. The summed E-state index contributed by atoms with van der Waals surface area (Å²) in [5, 5.41) is 9.22. The predicted molar refractivity (Wildman–Crippen MR) is 67.0 cm³/mol. The van der Waals surface area contributed by atoms with Gasteiger partial charge >= 0.3 is 5.97 Å². The Bertz CT molecular complexity index is 384. The molecule has 0 aromatic heterocycles. The maximum absolute atomic E-state index is 10.4. The minimum Gasteiger partial charge on any atom is -0.481 e. The number of rotatable bonds is 5. The zero-order valence-electron chi connectivity index (χ0n) is 8.94. The molecule has 0 aliphatic heterocycles. The fraction of sp³-hybridized carbons (Fsp3) is 0.364. The SMILES string of the molecule is CSc1ccc(C(N)CCC(=O)O)cc1Cl. The highest BCUT2D eigenvalue weighted by molar-refractivity contribution is 7.98. The van der Waals surface area contributed by atoms with Crippen molar-refractivity contribution in [2.45, 2.75) is 23.8 Å². The normalized spacial score (nSPS) is 12.4. The van der Waals surface area contributed by atoms with Gasteiger partial charge in [-0.3, -0.25) is 4.79 Å². The third kappa shape index (κ3) is 3.70. The zero-order chi connectivity index (χ0) is 12.1. The molecule has 3 N–H and O–H groups in total. The van der Waals surface area contributed by atoms with E-state index in [4.69, 9.17) is 22.4 Å². The van der Waals surface area contributed by atoms with Gasteiger partial charge in [0.15, 0.2) is 0 Å². The lowest BCUT2D eigenvalue weighted by atomic mass is 10.0. The molecule has 0 radical (unpaired) electrons. The smallest absolute Gasteiger partial charge is 0.303 e. The molecule has 16 heavy (non-hydrogen) atoms. The third-order valence-electron chi connectivity index (χ3n) is 2.27. The van der Waals surface area contributed by atoms with E-state index in [1.54, 1.807) is 17.8 Å². The van der Waals surface area contributed by atoms with Crippen LogP contribution in [0.15, 0.2) is 23.1 Å². The van der Waals surface area contributed by atoms with E-state index in [1.165, 1.54) is 0 Å². The van der Waals surface area contributed by atoms with Crippen molar-refractivity contribution in [1.82, 2.24) is 0 Å². The van der Waals surface area contributed by atoms with E-state index < -0.39 is 5.97 Å². The molecule has 5 heteroatoms. The maximum atomic E-state index is 10.4. The van der Waals surface area contributed by atoms with Gasteiger partial charge in [0.25, 0.3) is 0 Å². The van der Waals surface area contributed by atoms with Gasteiger partial charge in [0.2, 0.25) is 0 Å². The highest BCUT2D eigenvalue weighted by Gasteiger charge is 2.10. The van der Waals surface area contributed by atoms with Crippen LogP contribution in [-0.4, -0.2) is 17.3 Å². The fourth-order valence-electron chi connectivity index (χ4n) is 1.36. The first-order valence-electron chi connectivity index (χ1n) is 4.85. The summed E-state index contributed by atoms with van der Waals surface area (Å²) >= 11 is 7.61. The molecule has 0 aliphatic carbocycles. The lowest BCUT2D eigenvalue weighted by molar-refractivity contribution is -0.137. The minimum atomic E-state index is -0.831. The van der Waals surface area contributed by atoms with Crippen molar-refractivity contribution in [1.29, 1.82) is 0 Å². The molecule has 1 unspecified atom stereocenters. The van der Waals surface area contributed by atoms with Crippen LogP contribution in [0.3, 0.4) is 0 Å². The largest absolute Gasteiger partial charge is 0.481 e. The average Bonchev–Trinajstić information content (AvgIpc) is 2.25. The Morgan fingerprint density at radius 2 is 2.31 bits per heavy atom. The Morgan fingerprint density at radius 1 is 1.62 bits per heavy atom. The van der Waals surface area contributed by atoms with E-state index in [0.717, 1.165) is 10.5 Å². The van der Waals surface area contributed by atoms with E-state index in [1.807, 2.05) is 18.4 Å². The van der Waals surface area contributed by atoms with E-state index in [9.17, 15) is 4.79 Å². The second-order valence-corrected chi connectivity index (χ2v) is 4.69. The number of aliphatic carboxylic acids is 1. The molecule has 1 atom stereocenters. The maximum Gasteiger partial charge on any atom is 0.303 e. The number of carboxylic acids is 1. The van der Waals surface area contributed by atoms with Crippen LogP contribution in [0.4, 0.5) is 0 Å². The summed E-state index contributed by atoms with van der Waals surface area (Å²) in [4.78, 5) is 11.4. The Kier molecular flexibility index (Phi) is 5.12. The molecule has 3 nitrogen and oxygen atoms in total. The van der Waals surface area contributed by atoms with Gasteiger partial charge in [-0.15, -0.1) is 11.8 Å². The van der Waals surface area contributed by atoms with Crippen molar-refractivity contribution in [2.75, 3.05) is 6.26 Å². The Balaban J connectivity index is 2.72. The van der Waals surface area contributed by atoms with Gasteiger partial charge in [0.1, 0.15) is 0 Å². The van der Waals surface area contributed by atoms with Crippen LogP contribution in [0, 0.1) is 0 Å². The Labute approximate surface area is 104 Å². The van der Waals surface area contributed by atoms with Gasteiger partial charge in [-0.05, 0) is 30.4 Å². The van der Waals surface area contributed by atoms with E-state index in [0.29, 0.717) is 11.4 Å². The zero-order valence-corrected chi connectivity index (χ0v) is 10.5. The molecule has 0 fully saturated rings. The van der Waals surface area contributed by atoms with Crippen LogP contribution in [0.25, 0.3) is 0 Å². The molecule has 0 bridgehead atoms. The van der Waals surface area contributed by atoms with Gasteiger partial charge in [0.05, 0.1) is 5.02 Å². The number of halogens is 1. The molecule has 0 saturated heterocycles. The van der Waals surface area contributed by atoms with Gasteiger partial charge in [-0.25, -0.2) is 0 Å². The van der Waals surface area contributed by atoms with Gasteiger partial charge in [0, 0.05) is 17.4 Å². The molecule has 1 aromatic carbocycles. The number of hydrogen-bond donors (Lipinski definition) is 2. The van der Waals surface area contributed by atoms with Crippen LogP contribution in [-0.2, 0) is 4.79 Å². The van der Waals surface area contributed by atoms with E-state index in [-0.39, 0.29) is 12.5 Å². The summed E-state index contributed by atoms with van der Waals surface area (Å²) in [6.45, 7) is 0. The molecule has 0 spiro atoms. The van der Waals surface area contributed by atoms with Crippen LogP contribution < -0.4 is 5.73 Å². The second kappa shape index (κ2) is 6.13. The molecule has 0 aliphatic rings.